The highest BCUT2D eigenvalue weighted by molar-refractivity contribution is 5.94. The number of carbonyl (C=O) groups is 1. The molecule has 1 aromatic carbocycles. The van der Waals surface area contributed by atoms with Crippen molar-refractivity contribution < 1.29 is 4.79 Å². The fourth-order valence-corrected chi connectivity index (χ4v) is 2.45. The average Bonchev–Trinajstić information content (AvgIpc) is 2.58. The maximum absolute atomic E-state index is 11.3. The van der Waals surface area contributed by atoms with Crippen LogP contribution in [0.5, 0.6) is 0 Å². The van der Waals surface area contributed by atoms with Crippen molar-refractivity contribution in [3.63, 3.8) is 0 Å². The van der Waals surface area contributed by atoms with Gasteiger partial charge in [-0.05, 0) is 48.3 Å². The molecule has 0 amide bonds. The molecule has 0 saturated heterocycles. The van der Waals surface area contributed by atoms with Crippen molar-refractivity contribution >= 4 is 5.78 Å². The summed E-state index contributed by atoms with van der Waals surface area (Å²) in [4.78, 5) is 11.3. The van der Waals surface area contributed by atoms with E-state index in [9.17, 15) is 4.79 Å². The highest BCUT2D eigenvalue weighted by Gasteiger charge is 2.31. The van der Waals surface area contributed by atoms with Crippen molar-refractivity contribution in [2.45, 2.75) is 40.5 Å². The van der Waals surface area contributed by atoms with Gasteiger partial charge >= 0.3 is 0 Å². The molecule has 0 spiro atoms. The van der Waals surface area contributed by atoms with Crippen LogP contribution in [-0.2, 0) is 12.8 Å². The molecular weight excluding hydrogens is 196 g/mol. The van der Waals surface area contributed by atoms with Crippen molar-refractivity contribution in [3.8, 4) is 0 Å². The van der Waals surface area contributed by atoms with Gasteiger partial charge in [-0.3, -0.25) is 4.79 Å². The molecule has 0 saturated carbocycles. The monoisotopic (exact) mass is 216 g/mol. The van der Waals surface area contributed by atoms with E-state index in [1.165, 1.54) is 11.1 Å². The van der Waals surface area contributed by atoms with E-state index in [1.54, 1.807) is 6.92 Å². The Balaban J connectivity index is 2.28. The lowest BCUT2D eigenvalue weighted by atomic mass is 9.79. The Kier molecular flexibility index (Phi) is 2.65. The van der Waals surface area contributed by atoms with Crippen molar-refractivity contribution in [2.75, 3.05) is 0 Å². The molecule has 1 heteroatoms. The third-order valence-electron chi connectivity index (χ3n) is 3.77. The standard InChI is InChI=1S/C15H20O/c1-10(16)11-5-6-12-8-14(15(2,3)4)9-13(12)7-11/h5-7,14H,8-9H2,1-4H3. The van der Waals surface area contributed by atoms with Crippen LogP contribution in [0, 0.1) is 11.3 Å². The molecule has 0 fully saturated rings. The molecule has 1 atom stereocenters. The molecule has 1 aliphatic carbocycles. The van der Waals surface area contributed by atoms with Crippen LogP contribution >= 0.6 is 0 Å². The first-order valence-electron chi connectivity index (χ1n) is 6.00. The highest BCUT2D eigenvalue weighted by atomic mass is 16.1. The zero-order chi connectivity index (χ0) is 11.9. The molecule has 1 aliphatic rings. The Morgan fingerprint density at radius 1 is 1.19 bits per heavy atom. The fourth-order valence-electron chi connectivity index (χ4n) is 2.45. The summed E-state index contributed by atoms with van der Waals surface area (Å²) in [6.45, 7) is 8.54. The molecule has 2 rings (SSSR count). The smallest absolute Gasteiger partial charge is 0.159 e. The lowest BCUT2D eigenvalue weighted by molar-refractivity contribution is 0.101. The second-order valence-corrected chi connectivity index (χ2v) is 6.01. The van der Waals surface area contributed by atoms with Gasteiger partial charge in [-0.25, -0.2) is 0 Å². The maximum atomic E-state index is 11.3. The summed E-state index contributed by atoms with van der Waals surface area (Å²) in [6.07, 6.45) is 2.29. The number of hydrogen-bond donors (Lipinski definition) is 0. The highest BCUT2D eigenvalue weighted by Crippen LogP contribution is 2.38. The molecule has 0 radical (unpaired) electrons. The molecule has 0 bridgehead atoms. The van der Waals surface area contributed by atoms with Crippen molar-refractivity contribution in [2.24, 2.45) is 11.3 Å². The number of carbonyl (C=O) groups excluding carboxylic acids is 1. The van der Waals surface area contributed by atoms with Crippen LogP contribution in [0.25, 0.3) is 0 Å². The Morgan fingerprint density at radius 2 is 1.81 bits per heavy atom. The van der Waals surface area contributed by atoms with Crippen LogP contribution in [0.15, 0.2) is 18.2 Å². The summed E-state index contributed by atoms with van der Waals surface area (Å²) in [5, 5.41) is 0. The summed E-state index contributed by atoms with van der Waals surface area (Å²) in [5.41, 5.74) is 4.03. The van der Waals surface area contributed by atoms with Crippen molar-refractivity contribution in [3.05, 3.63) is 34.9 Å². The zero-order valence-corrected chi connectivity index (χ0v) is 10.6. The Hall–Kier alpha value is -1.11. The molecule has 86 valence electrons. The van der Waals surface area contributed by atoms with Crippen LogP contribution in [0.3, 0.4) is 0 Å². The third kappa shape index (κ3) is 2.04. The molecule has 0 aliphatic heterocycles. The van der Waals surface area contributed by atoms with Gasteiger partial charge in [0.1, 0.15) is 0 Å². The van der Waals surface area contributed by atoms with E-state index in [0.717, 1.165) is 18.4 Å². The van der Waals surface area contributed by atoms with E-state index in [0.29, 0.717) is 11.3 Å². The normalized spacial score (nSPS) is 19.6. The Labute approximate surface area is 97.9 Å². The second-order valence-electron chi connectivity index (χ2n) is 6.01. The van der Waals surface area contributed by atoms with Gasteiger partial charge in [-0.1, -0.05) is 32.9 Å². The third-order valence-corrected chi connectivity index (χ3v) is 3.77. The van der Waals surface area contributed by atoms with E-state index in [2.05, 4.69) is 32.9 Å². The number of rotatable bonds is 1. The predicted octanol–water partition coefficient (Wildman–Crippen LogP) is 3.65. The first kappa shape index (κ1) is 11.4. The van der Waals surface area contributed by atoms with E-state index >= 15 is 0 Å². The quantitative estimate of drug-likeness (QED) is 0.655. The summed E-state index contributed by atoms with van der Waals surface area (Å²) >= 11 is 0. The maximum Gasteiger partial charge on any atom is 0.159 e. The minimum atomic E-state index is 0.169. The van der Waals surface area contributed by atoms with E-state index in [4.69, 9.17) is 0 Å². The zero-order valence-electron chi connectivity index (χ0n) is 10.6. The van der Waals surface area contributed by atoms with Crippen LogP contribution in [0.1, 0.15) is 49.2 Å². The van der Waals surface area contributed by atoms with Gasteiger partial charge in [0, 0.05) is 5.56 Å². The number of Topliss-reactive ketones (excluding diaryl/α,β-unsaturated/α-hetero) is 1. The number of hydrogen-bond acceptors (Lipinski definition) is 1. The lowest BCUT2D eigenvalue weighted by Gasteiger charge is -2.26. The Morgan fingerprint density at radius 3 is 2.38 bits per heavy atom. The summed E-state index contributed by atoms with van der Waals surface area (Å²) < 4.78 is 0. The summed E-state index contributed by atoms with van der Waals surface area (Å²) in [7, 11) is 0. The molecular formula is C15H20O. The molecule has 16 heavy (non-hydrogen) atoms. The molecule has 0 aromatic heterocycles. The van der Waals surface area contributed by atoms with Gasteiger partial charge in [0.2, 0.25) is 0 Å². The minimum Gasteiger partial charge on any atom is -0.295 e. The predicted molar refractivity (Wildman–Crippen MR) is 66.8 cm³/mol. The van der Waals surface area contributed by atoms with Gasteiger partial charge in [-0.2, -0.15) is 0 Å². The van der Waals surface area contributed by atoms with E-state index in [-0.39, 0.29) is 5.78 Å². The van der Waals surface area contributed by atoms with E-state index < -0.39 is 0 Å². The fraction of sp³-hybridized carbons (Fsp3) is 0.533. The van der Waals surface area contributed by atoms with Crippen molar-refractivity contribution in [1.82, 2.24) is 0 Å². The topological polar surface area (TPSA) is 17.1 Å². The van der Waals surface area contributed by atoms with Crippen LogP contribution in [-0.4, -0.2) is 5.78 Å². The van der Waals surface area contributed by atoms with Gasteiger partial charge < -0.3 is 0 Å². The van der Waals surface area contributed by atoms with Gasteiger partial charge in [-0.15, -0.1) is 0 Å². The molecule has 0 heterocycles. The first-order chi connectivity index (χ1) is 7.38. The molecule has 0 N–H and O–H groups in total. The average molecular weight is 216 g/mol. The SMILES string of the molecule is CC(=O)c1ccc2c(c1)CC(C(C)(C)C)C2. The number of benzene rings is 1. The largest absolute Gasteiger partial charge is 0.295 e. The number of fused-ring (bicyclic) bond motifs is 1. The van der Waals surface area contributed by atoms with Gasteiger partial charge in [0.25, 0.3) is 0 Å². The van der Waals surface area contributed by atoms with Gasteiger partial charge in [0.15, 0.2) is 5.78 Å². The van der Waals surface area contributed by atoms with Crippen LogP contribution < -0.4 is 0 Å². The second kappa shape index (κ2) is 3.73. The minimum absolute atomic E-state index is 0.169. The van der Waals surface area contributed by atoms with Crippen molar-refractivity contribution in [1.29, 1.82) is 0 Å². The first-order valence-corrected chi connectivity index (χ1v) is 6.00. The summed E-state index contributed by atoms with van der Waals surface area (Å²) in [6, 6.07) is 6.19. The number of ketones is 1. The van der Waals surface area contributed by atoms with Crippen LogP contribution in [0.2, 0.25) is 0 Å². The molecule has 1 nitrogen and oxygen atoms in total. The molecule has 1 unspecified atom stereocenters. The lowest BCUT2D eigenvalue weighted by Crippen LogP contribution is -2.20. The van der Waals surface area contributed by atoms with Crippen LogP contribution in [0.4, 0.5) is 0 Å². The summed E-state index contributed by atoms with van der Waals surface area (Å²) in [5.74, 6) is 0.881. The van der Waals surface area contributed by atoms with Gasteiger partial charge in [0.05, 0.1) is 0 Å². The van der Waals surface area contributed by atoms with E-state index in [1.807, 2.05) is 6.07 Å². The Bertz CT molecular complexity index is 424. The molecule has 1 aromatic rings.